The van der Waals surface area contributed by atoms with Gasteiger partial charge in [-0.05, 0) is 55.2 Å². The molecule has 7 nitrogen and oxygen atoms in total. The van der Waals surface area contributed by atoms with E-state index in [1.165, 1.54) is 0 Å². The number of amides is 1. The number of furan rings is 1. The third-order valence-electron chi connectivity index (χ3n) is 5.54. The molecule has 1 heterocycles. The van der Waals surface area contributed by atoms with Crippen molar-refractivity contribution >= 4 is 40.3 Å². The molecule has 1 aromatic heterocycles. The van der Waals surface area contributed by atoms with Gasteiger partial charge in [0.15, 0.2) is 10.9 Å². The van der Waals surface area contributed by atoms with Crippen LogP contribution in [0.25, 0.3) is 0 Å². The van der Waals surface area contributed by atoms with Crippen molar-refractivity contribution < 1.29 is 9.21 Å². The quantitative estimate of drug-likeness (QED) is 0.380. The summed E-state index contributed by atoms with van der Waals surface area (Å²) in [7, 11) is 0. The Hall–Kier alpha value is -3.65. The van der Waals surface area contributed by atoms with Crippen LogP contribution in [0, 0.1) is 12.3 Å². The average Bonchev–Trinajstić information content (AvgIpc) is 3.12. The lowest BCUT2D eigenvalue weighted by atomic mass is 9.75. The largest absolute Gasteiger partial charge is 0.455 e. The maximum absolute atomic E-state index is 13.4. The average molecular weight is 462 g/mol. The minimum absolute atomic E-state index is 0.0815. The maximum atomic E-state index is 13.4. The molecule has 0 fully saturated rings. The van der Waals surface area contributed by atoms with Gasteiger partial charge in [0.05, 0.1) is 17.1 Å². The number of nitrogens with zero attached hydrogens (tertiary/aromatic N) is 2. The molecule has 1 amide bonds. The monoisotopic (exact) mass is 461 g/mol. The van der Waals surface area contributed by atoms with Gasteiger partial charge in [-0.1, -0.05) is 50.2 Å². The van der Waals surface area contributed by atoms with Crippen molar-refractivity contribution in [3.05, 3.63) is 83.3 Å². The van der Waals surface area contributed by atoms with Crippen molar-refractivity contribution in [2.45, 2.75) is 33.6 Å². The summed E-state index contributed by atoms with van der Waals surface area (Å²) in [5.41, 5.74) is 15.2. The van der Waals surface area contributed by atoms with Crippen LogP contribution in [-0.4, -0.2) is 16.7 Å². The van der Waals surface area contributed by atoms with Crippen LogP contribution in [0.5, 0.6) is 0 Å². The van der Waals surface area contributed by atoms with E-state index in [0.717, 1.165) is 34.0 Å². The van der Waals surface area contributed by atoms with Crippen LogP contribution >= 0.6 is 12.2 Å². The van der Waals surface area contributed by atoms with Gasteiger partial charge in [0.25, 0.3) is 0 Å². The summed E-state index contributed by atoms with van der Waals surface area (Å²) in [6, 6.07) is 19.3. The van der Waals surface area contributed by atoms with E-state index >= 15 is 0 Å². The zero-order valence-electron chi connectivity index (χ0n) is 18.9. The number of hydrazone groups is 1. The van der Waals surface area contributed by atoms with Gasteiger partial charge in [0.2, 0.25) is 0 Å². The zero-order chi connectivity index (χ0) is 23.6. The van der Waals surface area contributed by atoms with Crippen molar-refractivity contribution in [2.75, 3.05) is 5.01 Å². The van der Waals surface area contributed by atoms with Crippen LogP contribution in [0.4, 0.5) is 11.4 Å². The van der Waals surface area contributed by atoms with Crippen LogP contribution in [0.3, 0.4) is 0 Å². The molecule has 0 bridgehead atoms. The molecule has 8 heteroatoms. The third-order valence-corrected chi connectivity index (χ3v) is 5.63. The Kier molecular flexibility index (Phi) is 6.20. The number of thiocarbonyl (C=S) groups is 1. The Morgan fingerprint density at radius 3 is 2.18 bits per heavy atom. The second kappa shape index (κ2) is 9.07. The highest BCUT2D eigenvalue weighted by Gasteiger charge is 2.36. The number of fused-ring (bicyclic) bond motifs is 1. The van der Waals surface area contributed by atoms with Crippen molar-refractivity contribution in [1.82, 2.24) is 10.9 Å². The molecule has 0 radical (unpaired) electrons. The first kappa shape index (κ1) is 22.5. The van der Waals surface area contributed by atoms with E-state index in [-0.39, 0.29) is 22.2 Å². The molecule has 4 rings (SSSR count). The number of carbonyl (C=O) groups excluding carboxylic acids is 1. The van der Waals surface area contributed by atoms with Gasteiger partial charge in [0, 0.05) is 17.5 Å². The molecule has 0 unspecified atom stereocenters. The number of benzene rings is 2. The van der Waals surface area contributed by atoms with Gasteiger partial charge < -0.3 is 10.2 Å². The van der Waals surface area contributed by atoms with E-state index in [1.54, 1.807) is 5.01 Å². The summed E-state index contributed by atoms with van der Waals surface area (Å²) in [6.45, 7) is 6.15. The molecule has 0 saturated carbocycles. The number of nitrogens with one attached hydrogen (secondary N) is 2. The summed E-state index contributed by atoms with van der Waals surface area (Å²) in [5.74, 6) is 0.662. The summed E-state index contributed by atoms with van der Waals surface area (Å²) in [4.78, 5) is 13.4. The molecule has 0 spiro atoms. The number of hydrazine groups is 1. The molecular formula is C25H27N5O2S. The van der Waals surface area contributed by atoms with Gasteiger partial charge in [-0.2, -0.15) is 5.10 Å². The highest BCUT2D eigenvalue weighted by molar-refractivity contribution is 7.80. The lowest BCUT2D eigenvalue weighted by molar-refractivity contribution is 0.0922. The first-order valence-corrected chi connectivity index (χ1v) is 11.1. The Morgan fingerprint density at radius 2 is 1.64 bits per heavy atom. The molecule has 0 atom stereocenters. The number of anilines is 2. The van der Waals surface area contributed by atoms with Gasteiger partial charge in [0.1, 0.15) is 5.76 Å². The predicted octanol–water partition coefficient (Wildman–Crippen LogP) is 4.58. The number of hydrogen-bond donors (Lipinski definition) is 3. The second-order valence-corrected chi connectivity index (χ2v) is 9.29. The predicted molar refractivity (Wildman–Crippen MR) is 134 cm³/mol. The van der Waals surface area contributed by atoms with Gasteiger partial charge in [-0.3, -0.25) is 20.7 Å². The van der Waals surface area contributed by atoms with E-state index in [1.807, 2.05) is 67.6 Å². The highest BCUT2D eigenvalue weighted by Crippen LogP contribution is 2.39. The highest BCUT2D eigenvalue weighted by atomic mass is 32.1. The summed E-state index contributed by atoms with van der Waals surface area (Å²) in [5, 5.41) is 6.24. The fourth-order valence-electron chi connectivity index (χ4n) is 4.13. The lowest BCUT2D eigenvalue weighted by Gasteiger charge is -2.29. The van der Waals surface area contributed by atoms with Crippen LogP contribution < -0.4 is 21.6 Å². The van der Waals surface area contributed by atoms with E-state index < -0.39 is 0 Å². The third kappa shape index (κ3) is 4.90. The summed E-state index contributed by atoms with van der Waals surface area (Å²) in [6.07, 6.45) is 1.40. The van der Waals surface area contributed by atoms with Crippen LogP contribution in [0.15, 0.2) is 70.2 Å². The minimum atomic E-state index is -0.339. The minimum Gasteiger partial charge on any atom is -0.455 e. The fourth-order valence-corrected chi connectivity index (χ4v) is 4.18. The van der Waals surface area contributed by atoms with Gasteiger partial charge >= 0.3 is 5.91 Å². The molecule has 0 saturated heterocycles. The molecule has 1 aliphatic rings. The van der Waals surface area contributed by atoms with Gasteiger partial charge in [-0.15, -0.1) is 0 Å². The molecule has 3 aromatic rings. The van der Waals surface area contributed by atoms with Crippen LogP contribution in [-0.2, 0) is 6.42 Å². The van der Waals surface area contributed by atoms with E-state index in [2.05, 4.69) is 29.8 Å². The molecule has 2 aromatic carbocycles. The molecule has 1 aliphatic carbocycles. The summed E-state index contributed by atoms with van der Waals surface area (Å²) < 4.78 is 6.13. The van der Waals surface area contributed by atoms with Gasteiger partial charge in [-0.25, -0.2) is 0 Å². The number of nitrogens with two attached hydrogens (primary N) is 1. The first-order valence-electron chi connectivity index (χ1n) is 10.7. The van der Waals surface area contributed by atoms with E-state index in [4.69, 9.17) is 22.4 Å². The number of para-hydroxylation sites is 2. The number of rotatable bonds is 5. The first-order chi connectivity index (χ1) is 15.7. The second-order valence-electron chi connectivity index (χ2n) is 8.85. The molecule has 33 heavy (non-hydrogen) atoms. The van der Waals surface area contributed by atoms with Crippen molar-refractivity contribution in [1.29, 1.82) is 0 Å². The van der Waals surface area contributed by atoms with E-state index in [9.17, 15) is 4.79 Å². The standard InChI is InChI=1S/C25H27N5O2S/c1-16-21-19(27-28-24(26)33)14-25(2,3)15-20(21)32-22(16)23(31)29-30(17-10-6-4-7-11-17)18-12-8-5-9-13-18/h4-13H,14-15H2,1-3H3,(H,29,31)(H3,26,28,33)/b27-19-. The SMILES string of the molecule is Cc1c(C(=O)NN(c2ccccc2)c2ccccc2)oc2c1/C(=N\NC(N)=S)CC(C)(C)C2. The topological polar surface area (TPSA) is 95.9 Å². The summed E-state index contributed by atoms with van der Waals surface area (Å²) >= 11 is 4.91. The Balaban J connectivity index is 1.70. The van der Waals surface area contributed by atoms with Crippen LogP contribution in [0.1, 0.15) is 47.7 Å². The Morgan fingerprint density at radius 1 is 1.06 bits per heavy atom. The molecule has 0 aliphatic heterocycles. The zero-order valence-corrected chi connectivity index (χ0v) is 19.7. The van der Waals surface area contributed by atoms with Crippen LogP contribution in [0.2, 0.25) is 0 Å². The van der Waals surface area contributed by atoms with E-state index in [0.29, 0.717) is 12.8 Å². The molecule has 170 valence electrons. The number of hydrogen-bond acceptors (Lipinski definition) is 5. The van der Waals surface area contributed by atoms with Crippen molar-refractivity contribution in [3.8, 4) is 0 Å². The Bertz CT molecular complexity index is 1160. The fraction of sp³-hybridized carbons (Fsp3) is 0.240. The Labute approximate surface area is 198 Å². The molecular weight excluding hydrogens is 434 g/mol. The van der Waals surface area contributed by atoms with Crippen molar-refractivity contribution in [2.24, 2.45) is 16.3 Å². The number of carbonyl (C=O) groups is 1. The smallest absolute Gasteiger partial charge is 0.306 e. The van der Waals surface area contributed by atoms with Crippen molar-refractivity contribution in [3.63, 3.8) is 0 Å². The maximum Gasteiger partial charge on any atom is 0.306 e. The molecule has 4 N–H and O–H groups in total. The normalized spacial score (nSPS) is 15.5. The lowest BCUT2D eigenvalue weighted by Crippen LogP contribution is -2.39.